The number of rotatable bonds is 10. The summed E-state index contributed by atoms with van der Waals surface area (Å²) in [5, 5.41) is 18.1. The molecule has 2 amide bonds. The highest BCUT2D eigenvalue weighted by Crippen LogP contribution is 2.31. The van der Waals surface area contributed by atoms with Gasteiger partial charge >= 0.3 is 12.0 Å². The van der Waals surface area contributed by atoms with E-state index in [9.17, 15) is 9.59 Å². The van der Waals surface area contributed by atoms with Crippen LogP contribution >= 0.6 is 11.6 Å². The van der Waals surface area contributed by atoms with Crippen molar-refractivity contribution >= 4 is 29.3 Å². The van der Waals surface area contributed by atoms with Crippen LogP contribution in [-0.4, -0.2) is 42.3 Å². The first-order chi connectivity index (χ1) is 16.4. The number of likely N-dealkylation sites (N-methyl/N-ethyl adjacent to an activating group) is 1. The monoisotopic (exact) mass is 484 g/mol. The van der Waals surface area contributed by atoms with Gasteiger partial charge in [-0.25, -0.2) is 14.6 Å². The Morgan fingerprint density at radius 1 is 1.09 bits per heavy atom. The van der Waals surface area contributed by atoms with Gasteiger partial charge in [0.25, 0.3) is 0 Å². The fourth-order valence-corrected chi connectivity index (χ4v) is 3.05. The Morgan fingerprint density at radius 2 is 1.85 bits per heavy atom. The molecule has 10 heteroatoms. The molecule has 0 spiro atoms. The lowest BCUT2D eigenvalue weighted by atomic mass is 10.2. The van der Waals surface area contributed by atoms with E-state index in [0.717, 1.165) is 11.1 Å². The fourth-order valence-electron chi connectivity index (χ4n) is 2.89. The van der Waals surface area contributed by atoms with E-state index in [1.807, 2.05) is 14.0 Å². The summed E-state index contributed by atoms with van der Waals surface area (Å²) < 4.78 is 11.4. The lowest BCUT2D eigenvalue weighted by molar-refractivity contribution is 0.0690. The Kier molecular flexibility index (Phi) is 8.66. The van der Waals surface area contributed by atoms with E-state index >= 15 is 0 Å². The Bertz CT molecular complexity index is 1150. The number of nitrogens with zero attached hydrogens (tertiary/aromatic N) is 1. The predicted molar refractivity (Wildman–Crippen MR) is 129 cm³/mol. The van der Waals surface area contributed by atoms with Gasteiger partial charge in [-0.15, -0.1) is 0 Å². The van der Waals surface area contributed by atoms with Crippen LogP contribution in [0.4, 0.5) is 10.5 Å². The highest BCUT2D eigenvalue weighted by Gasteiger charge is 2.11. The highest BCUT2D eigenvalue weighted by molar-refractivity contribution is 6.31. The molecule has 9 nitrogen and oxygen atoms in total. The van der Waals surface area contributed by atoms with Crippen LogP contribution in [0, 0.1) is 6.92 Å². The van der Waals surface area contributed by atoms with Gasteiger partial charge in [-0.05, 0) is 55.4 Å². The Labute approximate surface area is 202 Å². The average molecular weight is 485 g/mol. The highest BCUT2D eigenvalue weighted by atomic mass is 35.5. The maximum atomic E-state index is 12.4. The molecule has 0 atom stereocenters. The summed E-state index contributed by atoms with van der Waals surface area (Å²) in [6.07, 6.45) is 1.37. The number of anilines is 1. The van der Waals surface area contributed by atoms with Crippen LogP contribution < -0.4 is 25.4 Å². The first-order valence-corrected chi connectivity index (χ1v) is 10.8. The van der Waals surface area contributed by atoms with E-state index in [-0.39, 0.29) is 12.2 Å². The van der Waals surface area contributed by atoms with E-state index in [0.29, 0.717) is 41.1 Å². The second-order valence-corrected chi connectivity index (χ2v) is 7.69. The number of benzene rings is 2. The summed E-state index contributed by atoms with van der Waals surface area (Å²) in [7, 11) is 1.83. The van der Waals surface area contributed by atoms with Crippen LogP contribution in [0.1, 0.15) is 21.6 Å². The lowest BCUT2D eigenvalue weighted by Gasteiger charge is -2.15. The van der Waals surface area contributed by atoms with Crippen LogP contribution in [-0.2, 0) is 6.54 Å². The minimum Gasteiger partial charge on any atom is -0.490 e. The SMILES string of the molecule is CNCCOc1cc(C)c(Cl)cc1NC(=O)NCc1ccc(Oc2ccnc(C(=O)O)c2)cc1. The predicted octanol–water partition coefficient (Wildman–Crippen LogP) is 4.45. The van der Waals surface area contributed by atoms with E-state index < -0.39 is 12.0 Å². The number of pyridine rings is 1. The van der Waals surface area contributed by atoms with Crippen molar-refractivity contribution < 1.29 is 24.2 Å². The molecule has 0 fully saturated rings. The van der Waals surface area contributed by atoms with Gasteiger partial charge in [0.15, 0.2) is 5.69 Å². The van der Waals surface area contributed by atoms with Crippen LogP contribution in [0.5, 0.6) is 17.2 Å². The average Bonchev–Trinajstić information content (AvgIpc) is 2.82. The van der Waals surface area contributed by atoms with Crippen LogP contribution in [0.2, 0.25) is 5.02 Å². The Morgan fingerprint density at radius 3 is 2.56 bits per heavy atom. The van der Waals surface area contributed by atoms with Gasteiger partial charge in [-0.1, -0.05) is 23.7 Å². The molecule has 3 rings (SSSR count). The molecule has 0 saturated carbocycles. The summed E-state index contributed by atoms with van der Waals surface area (Å²) in [6, 6.07) is 13.0. The van der Waals surface area contributed by atoms with Crippen molar-refractivity contribution in [1.29, 1.82) is 0 Å². The zero-order valence-electron chi connectivity index (χ0n) is 18.7. The fraction of sp³-hybridized carbons (Fsp3) is 0.208. The van der Waals surface area contributed by atoms with Crippen molar-refractivity contribution in [1.82, 2.24) is 15.6 Å². The Balaban J connectivity index is 1.57. The molecule has 1 heterocycles. The number of carbonyl (C=O) groups excluding carboxylic acids is 1. The molecule has 178 valence electrons. The van der Waals surface area contributed by atoms with Crippen molar-refractivity contribution in [2.45, 2.75) is 13.5 Å². The molecular weight excluding hydrogens is 460 g/mol. The minimum atomic E-state index is -1.13. The van der Waals surface area contributed by atoms with Crippen molar-refractivity contribution in [3.05, 3.63) is 76.6 Å². The summed E-state index contributed by atoms with van der Waals surface area (Å²) in [5.74, 6) is 0.293. The molecule has 0 aliphatic rings. The van der Waals surface area contributed by atoms with Gasteiger partial charge in [0.05, 0.1) is 5.69 Å². The second kappa shape index (κ2) is 11.9. The quantitative estimate of drug-likeness (QED) is 0.313. The molecule has 4 N–H and O–H groups in total. The zero-order valence-corrected chi connectivity index (χ0v) is 19.5. The number of urea groups is 1. The summed E-state index contributed by atoms with van der Waals surface area (Å²) >= 11 is 6.22. The van der Waals surface area contributed by atoms with Gasteiger partial charge in [0.2, 0.25) is 0 Å². The number of hydrogen-bond acceptors (Lipinski definition) is 6. The number of hydrogen-bond donors (Lipinski definition) is 4. The van der Waals surface area contributed by atoms with E-state index in [1.165, 1.54) is 12.3 Å². The lowest BCUT2D eigenvalue weighted by Crippen LogP contribution is -2.28. The molecule has 0 bridgehead atoms. The number of nitrogens with one attached hydrogen (secondary N) is 3. The Hall–Kier alpha value is -3.82. The molecule has 1 aromatic heterocycles. The van der Waals surface area contributed by atoms with Gasteiger partial charge in [0, 0.05) is 30.4 Å². The molecule has 0 aliphatic carbocycles. The second-order valence-electron chi connectivity index (χ2n) is 7.29. The third-order valence-corrected chi connectivity index (χ3v) is 5.09. The first kappa shape index (κ1) is 24.8. The van der Waals surface area contributed by atoms with Gasteiger partial charge < -0.3 is 30.5 Å². The summed E-state index contributed by atoms with van der Waals surface area (Å²) in [4.78, 5) is 27.2. The van der Waals surface area contributed by atoms with E-state index in [4.69, 9.17) is 26.2 Å². The first-order valence-electron chi connectivity index (χ1n) is 10.4. The van der Waals surface area contributed by atoms with Crippen LogP contribution in [0.25, 0.3) is 0 Å². The number of aromatic nitrogens is 1. The van der Waals surface area contributed by atoms with Crippen molar-refractivity contribution in [2.24, 2.45) is 0 Å². The molecule has 34 heavy (non-hydrogen) atoms. The molecule has 3 aromatic rings. The molecule has 0 unspecified atom stereocenters. The summed E-state index contributed by atoms with van der Waals surface area (Å²) in [5.41, 5.74) is 2.07. The molecular formula is C24H25ClN4O5. The number of aryl methyl sites for hydroxylation is 1. The van der Waals surface area contributed by atoms with Crippen molar-refractivity contribution in [2.75, 3.05) is 25.5 Å². The third-order valence-electron chi connectivity index (χ3n) is 4.68. The summed E-state index contributed by atoms with van der Waals surface area (Å²) in [6.45, 7) is 3.25. The topological polar surface area (TPSA) is 122 Å². The van der Waals surface area contributed by atoms with Gasteiger partial charge in [0.1, 0.15) is 23.9 Å². The maximum absolute atomic E-state index is 12.4. The van der Waals surface area contributed by atoms with E-state index in [1.54, 1.807) is 42.5 Å². The molecule has 0 saturated heterocycles. The number of carbonyl (C=O) groups is 2. The number of amides is 2. The molecule has 0 aliphatic heterocycles. The maximum Gasteiger partial charge on any atom is 0.354 e. The van der Waals surface area contributed by atoms with Crippen molar-refractivity contribution in [3.8, 4) is 17.2 Å². The smallest absolute Gasteiger partial charge is 0.354 e. The van der Waals surface area contributed by atoms with Crippen molar-refractivity contribution in [3.63, 3.8) is 0 Å². The number of carboxylic acids is 1. The number of halogens is 1. The number of ether oxygens (including phenoxy) is 2. The van der Waals surface area contributed by atoms with Gasteiger partial charge in [-0.2, -0.15) is 0 Å². The third kappa shape index (κ3) is 7.09. The normalized spacial score (nSPS) is 10.4. The molecule has 0 radical (unpaired) electrons. The largest absolute Gasteiger partial charge is 0.490 e. The van der Waals surface area contributed by atoms with Gasteiger partial charge in [-0.3, -0.25) is 0 Å². The number of carboxylic acid groups (broad SMARTS) is 1. The van der Waals surface area contributed by atoms with Crippen LogP contribution in [0.15, 0.2) is 54.7 Å². The zero-order chi connectivity index (χ0) is 24.5. The van der Waals surface area contributed by atoms with Crippen LogP contribution in [0.3, 0.4) is 0 Å². The number of aromatic carboxylic acids is 1. The standard InChI is InChI=1S/C24H25ClN4O5/c1-15-11-22(33-10-9-26-2)20(13-19(15)25)29-24(32)28-14-16-3-5-17(6-4-16)34-18-7-8-27-21(12-18)23(30)31/h3-8,11-13,26H,9-10,14H2,1-2H3,(H,30,31)(H2,28,29,32). The minimum absolute atomic E-state index is 0.102. The molecule has 2 aromatic carbocycles. The van der Waals surface area contributed by atoms with E-state index in [2.05, 4.69) is 20.9 Å².